The van der Waals surface area contributed by atoms with Gasteiger partial charge in [0.1, 0.15) is 54.5 Å². The second kappa shape index (κ2) is 22.8. The Hall–Kier alpha value is -5.18. The van der Waals surface area contributed by atoms with E-state index in [1.807, 2.05) is 72.8 Å². The largest absolute Gasteiger partial charge is 0.497 e. The highest BCUT2D eigenvalue weighted by Gasteiger charge is 2.56. The number of nitrogens with zero attached hydrogens (tertiary/aromatic N) is 3. The predicted molar refractivity (Wildman–Crippen MR) is 217 cm³/mol. The van der Waals surface area contributed by atoms with Crippen LogP contribution in [0.1, 0.15) is 43.8 Å². The lowest BCUT2D eigenvalue weighted by atomic mass is 9.93. The number of carboxylic acid groups (broad SMARTS) is 1. The lowest BCUT2D eigenvalue weighted by Gasteiger charge is -2.52. The molecule has 0 bridgehead atoms. The van der Waals surface area contributed by atoms with Crippen molar-refractivity contribution in [3.63, 3.8) is 0 Å². The molecule has 19 heteroatoms. The van der Waals surface area contributed by atoms with E-state index >= 15 is 0 Å². The molecule has 19 nitrogen and oxygen atoms in total. The summed E-state index contributed by atoms with van der Waals surface area (Å²) in [5.41, 5.74) is 11.3. The molecular formula is C43H53N5O14. The van der Waals surface area contributed by atoms with Crippen molar-refractivity contribution in [1.29, 1.82) is 0 Å². The molecule has 0 radical (unpaired) electrons. The third-order valence-corrected chi connectivity index (χ3v) is 10.3. The fraction of sp³-hybridized carbons (Fsp3) is 0.512. The number of amides is 2. The Morgan fingerprint density at radius 3 is 2.15 bits per heavy atom. The van der Waals surface area contributed by atoms with Crippen LogP contribution in [0.2, 0.25) is 0 Å². The lowest BCUT2D eigenvalue weighted by molar-refractivity contribution is -0.372. The van der Waals surface area contributed by atoms with Gasteiger partial charge in [0.15, 0.2) is 25.0 Å². The number of rotatable bonds is 20. The number of hydrogen-bond acceptors (Lipinski definition) is 14. The summed E-state index contributed by atoms with van der Waals surface area (Å²) in [4.78, 5) is 41.0. The van der Waals surface area contributed by atoms with Crippen molar-refractivity contribution in [3.8, 4) is 5.75 Å². The molecule has 0 aromatic heterocycles. The highest BCUT2D eigenvalue weighted by Crippen LogP contribution is 2.38. The van der Waals surface area contributed by atoms with E-state index in [2.05, 4.69) is 20.7 Å². The van der Waals surface area contributed by atoms with Crippen LogP contribution in [0, 0.1) is 0 Å². The van der Waals surface area contributed by atoms with Crippen LogP contribution >= 0.6 is 0 Å². The molecule has 3 aliphatic rings. The molecule has 6 rings (SSSR count). The smallest absolute Gasteiger partial charge is 0.332 e. The van der Waals surface area contributed by atoms with Gasteiger partial charge in [0, 0.05) is 30.9 Å². The van der Waals surface area contributed by atoms with Gasteiger partial charge in [0.25, 0.3) is 0 Å². The first-order valence-electron chi connectivity index (χ1n) is 20.2. The van der Waals surface area contributed by atoms with E-state index < -0.39 is 91.5 Å². The molecule has 3 aromatic rings. The van der Waals surface area contributed by atoms with Gasteiger partial charge in [-0.25, -0.2) is 4.79 Å². The van der Waals surface area contributed by atoms with Crippen molar-refractivity contribution in [2.75, 3.05) is 33.5 Å². The molecule has 0 saturated carbocycles. The minimum atomic E-state index is -1.37. The maximum atomic E-state index is 13.0. The van der Waals surface area contributed by atoms with E-state index in [1.165, 1.54) is 20.8 Å². The van der Waals surface area contributed by atoms with E-state index in [0.717, 1.165) is 11.1 Å². The summed E-state index contributed by atoms with van der Waals surface area (Å²) in [6.07, 6.45) is -10.9. The SMILES string of the molecule is COc1ccc(CO[C@@H]2[C@@H](NC(C)=O)[C@H](OCCN=[N+]=[N-])O[C@H](COCc3ccccc3)[C@H]2O[C@@H]2O[C@@H]3COC(c4ccccc4)O[C@H]3[C@H](O[C@H](C)C(=O)O)[C@H]2NC(C)=O)cc1. The van der Waals surface area contributed by atoms with Crippen molar-refractivity contribution >= 4 is 17.8 Å². The molecule has 0 spiro atoms. The highest BCUT2D eigenvalue weighted by atomic mass is 16.8. The Kier molecular flexibility index (Phi) is 17.0. The number of fused-ring (bicyclic) bond motifs is 1. The minimum absolute atomic E-state index is 0.0173. The molecule has 3 heterocycles. The van der Waals surface area contributed by atoms with Crippen LogP contribution in [-0.2, 0) is 70.2 Å². The fourth-order valence-corrected chi connectivity index (χ4v) is 7.43. The van der Waals surface area contributed by atoms with E-state index in [0.29, 0.717) is 11.3 Å². The van der Waals surface area contributed by atoms with Gasteiger partial charge in [-0.3, -0.25) is 9.59 Å². The van der Waals surface area contributed by atoms with Gasteiger partial charge < -0.3 is 63.1 Å². The van der Waals surface area contributed by atoms with Crippen molar-refractivity contribution in [2.24, 2.45) is 5.11 Å². The van der Waals surface area contributed by atoms with E-state index in [9.17, 15) is 19.5 Å². The molecule has 334 valence electrons. The first-order chi connectivity index (χ1) is 30.0. The standard InChI is InChI=1S/C43H53N5O14/c1-25(40(51)52)58-39-35(47-27(3)50)43(60-33-24-57-41(61-37(33)39)30-13-9-6-10-14-30)62-36-32(23-54-21-28-11-7-5-8-12-28)59-42(55-20-19-45-48-44)34(46-26(2)49)38(36)56-22-29-15-17-31(53-4)18-16-29/h5-18,25,32-39,41-43H,19-24H2,1-4H3,(H,46,49)(H,47,50)(H,51,52)/t25-,32-,33-,34-,35-,36-,37-,38-,39-,41?,42-,43+/m1/s1. The number of aliphatic carboxylic acids is 1. The maximum Gasteiger partial charge on any atom is 0.332 e. The highest BCUT2D eigenvalue weighted by molar-refractivity contribution is 5.74. The summed E-state index contributed by atoms with van der Waals surface area (Å²) in [6, 6.07) is 23.7. The number of methoxy groups -OCH3 is 1. The number of azide groups is 1. The van der Waals surface area contributed by atoms with Crippen LogP contribution in [0.4, 0.5) is 0 Å². The van der Waals surface area contributed by atoms with Crippen molar-refractivity contribution < 1.29 is 66.9 Å². The molecule has 3 fully saturated rings. The molecule has 3 aliphatic heterocycles. The fourth-order valence-electron chi connectivity index (χ4n) is 7.43. The zero-order valence-corrected chi connectivity index (χ0v) is 34.8. The van der Waals surface area contributed by atoms with Gasteiger partial charge in [-0.05, 0) is 35.7 Å². The Bertz CT molecular complexity index is 1940. The Morgan fingerprint density at radius 2 is 1.50 bits per heavy atom. The summed E-state index contributed by atoms with van der Waals surface area (Å²) < 4.78 is 63.3. The second-order valence-electron chi connectivity index (χ2n) is 14.8. The van der Waals surface area contributed by atoms with E-state index in [1.54, 1.807) is 19.2 Å². The summed E-state index contributed by atoms with van der Waals surface area (Å²) >= 11 is 0. The Morgan fingerprint density at radius 1 is 0.839 bits per heavy atom. The van der Waals surface area contributed by atoms with Crippen LogP contribution in [0.25, 0.3) is 10.4 Å². The quantitative estimate of drug-likeness (QED) is 0.0632. The van der Waals surface area contributed by atoms with Crippen LogP contribution in [0.15, 0.2) is 90.0 Å². The van der Waals surface area contributed by atoms with Crippen LogP contribution < -0.4 is 15.4 Å². The van der Waals surface area contributed by atoms with Gasteiger partial charge in [0.2, 0.25) is 11.8 Å². The zero-order valence-electron chi connectivity index (χ0n) is 34.8. The van der Waals surface area contributed by atoms with Crippen LogP contribution in [0.5, 0.6) is 5.75 Å². The summed E-state index contributed by atoms with van der Waals surface area (Å²) in [7, 11) is 1.56. The van der Waals surface area contributed by atoms with Crippen molar-refractivity contribution in [1.82, 2.24) is 10.6 Å². The van der Waals surface area contributed by atoms with Gasteiger partial charge in [-0.15, -0.1) is 0 Å². The number of hydrogen-bond donors (Lipinski definition) is 3. The van der Waals surface area contributed by atoms with Gasteiger partial charge in [0.05, 0.1) is 40.1 Å². The number of carbonyl (C=O) groups is 3. The predicted octanol–water partition coefficient (Wildman–Crippen LogP) is 3.94. The number of nitrogens with one attached hydrogen (secondary N) is 2. The molecular weight excluding hydrogens is 810 g/mol. The number of benzene rings is 3. The summed E-state index contributed by atoms with van der Waals surface area (Å²) in [5, 5.41) is 19.4. The maximum absolute atomic E-state index is 13.0. The molecule has 2 amide bonds. The first kappa shape index (κ1) is 46.3. The molecule has 3 N–H and O–H groups in total. The van der Waals surface area contributed by atoms with E-state index in [4.69, 9.17) is 52.9 Å². The summed E-state index contributed by atoms with van der Waals surface area (Å²) in [6.45, 7) is 4.02. The number of carboxylic acids is 1. The monoisotopic (exact) mass is 863 g/mol. The van der Waals surface area contributed by atoms with Gasteiger partial charge in [-0.1, -0.05) is 77.9 Å². The van der Waals surface area contributed by atoms with E-state index in [-0.39, 0.29) is 39.6 Å². The third-order valence-electron chi connectivity index (χ3n) is 10.3. The topological polar surface area (TPSA) is 237 Å². The molecule has 1 unspecified atom stereocenters. The second-order valence-corrected chi connectivity index (χ2v) is 14.8. The molecule has 0 aliphatic carbocycles. The number of ether oxygens (including phenoxy) is 10. The lowest BCUT2D eigenvalue weighted by Crippen LogP contribution is -2.71. The number of carbonyl (C=O) groups excluding carboxylic acids is 2. The Labute approximate surface area is 358 Å². The molecule has 62 heavy (non-hydrogen) atoms. The third kappa shape index (κ3) is 12.5. The van der Waals surface area contributed by atoms with Crippen LogP contribution in [-0.4, -0.2) is 124 Å². The molecule has 3 aromatic carbocycles. The minimum Gasteiger partial charge on any atom is -0.497 e. The average molecular weight is 864 g/mol. The normalized spacial score (nSPS) is 28.7. The molecule has 12 atom stereocenters. The first-order valence-corrected chi connectivity index (χ1v) is 20.2. The van der Waals surface area contributed by atoms with Gasteiger partial charge >= 0.3 is 5.97 Å². The Balaban J connectivity index is 1.38. The van der Waals surface area contributed by atoms with Gasteiger partial charge in [-0.2, -0.15) is 0 Å². The van der Waals surface area contributed by atoms with Crippen molar-refractivity contribution in [3.05, 3.63) is 112 Å². The van der Waals surface area contributed by atoms with Crippen molar-refractivity contribution in [2.45, 2.75) is 108 Å². The summed E-state index contributed by atoms with van der Waals surface area (Å²) in [5.74, 6) is -1.54. The molecule has 3 saturated heterocycles. The average Bonchev–Trinajstić information content (AvgIpc) is 3.27. The zero-order chi connectivity index (χ0) is 44.0. The van der Waals surface area contributed by atoms with Crippen LogP contribution in [0.3, 0.4) is 0 Å².